The lowest BCUT2D eigenvalue weighted by Gasteiger charge is -2.32. The van der Waals surface area contributed by atoms with Crippen LogP contribution in [0.5, 0.6) is 11.5 Å². The molecule has 2 aliphatic rings. The number of nitrogens with zero attached hydrogens (tertiary/aromatic N) is 2. The van der Waals surface area contributed by atoms with Crippen LogP contribution in [0, 0.1) is 5.92 Å². The van der Waals surface area contributed by atoms with Crippen LogP contribution in [-0.4, -0.2) is 62.0 Å². The van der Waals surface area contributed by atoms with Gasteiger partial charge in [-0.1, -0.05) is 0 Å². The lowest BCUT2D eigenvalue weighted by atomic mass is 9.95. The Labute approximate surface area is 168 Å². The summed E-state index contributed by atoms with van der Waals surface area (Å²) in [5, 5.41) is 0. The van der Waals surface area contributed by atoms with Crippen LogP contribution < -0.4 is 9.47 Å². The number of thiophene rings is 1. The van der Waals surface area contributed by atoms with Gasteiger partial charge in [-0.25, -0.2) is 0 Å². The van der Waals surface area contributed by atoms with Gasteiger partial charge in [-0.15, -0.1) is 11.3 Å². The normalized spacial score (nSPS) is 16.7. The molecule has 0 saturated carbocycles. The van der Waals surface area contributed by atoms with Crippen molar-refractivity contribution in [1.29, 1.82) is 0 Å². The van der Waals surface area contributed by atoms with Crippen LogP contribution in [0.1, 0.15) is 22.5 Å². The first-order chi connectivity index (χ1) is 13.5. The molecule has 2 amide bonds. The average molecular weight is 401 g/mol. The summed E-state index contributed by atoms with van der Waals surface area (Å²) >= 11 is 1.49. The molecule has 3 heterocycles. The number of carbonyl (C=O) groups excluding carboxylic acids is 2. The largest absolute Gasteiger partial charge is 0.486 e. The van der Waals surface area contributed by atoms with Crippen molar-refractivity contribution >= 4 is 23.2 Å². The van der Waals surface area contributed by atoms with Crippen LogP contribution >= 0.6 is 11.3 Å². The van der Waals surface area contributed by atoms with Gasteiger partial charge in [-0.05, 0) is 48.7 Å². The first kappa shape index (κ1) is 18.8. The standard InChI is InChI=1S/C21H24N2O4S/c1-22(2)20(24)14-7-9-23(10-8-14)21(25)19-6-5-18(28-19)15-3-4-16-17(13-15)27-12-11-26-16/h3-6,13-14H,7-12H2,1-2H3. The van der Waals surface area contributed by atoms with Gasteiger partial charge in [0.25, 0.3) is 5.91 Å². The van der Waals surface area contributed by atoms with E-state index in [-0.39, 0.29) is 17.7 Å². The molecule has 2 aromatic rings. The van der Waals surface area contributed by atoms with E-state index in [4.69, 9.17) is 9.47 Å². The lowest BCUT2D eigenvalue weighted by Crippen LogP contribution is -2.42. The van der Waals surface area contributed by atoms with E-state index in [0.29, 0.717) is 26.3 Å². The minimum atomic E-state index is 0.0238. The molecule has 2 aliphatic heterocycles. The van der Waals surface area contributed by atoms with E-state index < -0.39 is 0 Å². The second kappa shape index (κ2) is 7.83. The van der Waals surface area contributed by atoms with Crippen LogP contribution in [0.4, 0.5) is 0 Å². The molecule has 1 aromatic heterocycles. The van der Waals surface area contributed by atoms with Gasteiger partial charge in [0.1, 0.15) is 13.2 Å². The van der Waals surface area contributed by atoms with Crippen molar-refractivity contribution < 1.29 is 19.1 Å². The third-order valence-corrected chi connectivity index (χ3v) is 6.34. The highest BCUT2D eigenvalue weighted by atomic mass is 32.1. The third-order valence-electron chi connectivity index (χ3n) is 5.22. The quantitative estimate of drug-likeness (QED) is 0.794. The van der Waals surface area contributed by atoms with E-state index in [1.54, 1.807) is 19.0 Å². The molecule has 0 radical (unpaired) electrons. The first-order valence-electron chi connectivity index (χ1n) is 9.53. The number of hydrogen-bond donors (Lipinski definition) is 0. The highest BCUT2D eigenvalue weighted by Crippen LogP contribution is 2.37. The molecule has 0 atom stereocenters. The van der Waals surface area contributed by atoms with Crippen molar-refractivity contribution in [3.8, 4) is 21.9 Å². The summed E-state index contributed by atoms with van der Waals surface area (Å²) in [5.74, 6) is 1.74. The molecule has 0 bridgehead atoms. The molecule has 148 valence electrons. The number of rotatable bonds is 3. The van der Waals surface area contributed by atoms with Crippen molar-refractivity contribution in [3.05, 3.63) is 35.2 Å². The van der Waals surface area contributed by atoms with Crippen molar-refractivity contribution in [1.82, 2.24) is 9.80 Å². The molecule has 1 fully saturated rings. The predicted octanol–water partition coefficient (Wildman–Crippen LogP) is 3.13. The van der Waals surface area contributed by atoms with Crippen LogP contribution in [0.2, 0.25) is 0 Å². The zero-order valence-corrected chi connectivity index (χ0v) is 17.0. The smallest absolute Gasteiger partial charge is 0.263 e. The van der Waals surface area contributed by atoms with Gasteiger partial charge in [0.15, 0.2) is 11.5 Å². The van der Waals surface area contributed by atoms with E-state index in [9.17, 15) is 9.59 Å². The number of hydrogen-bond acceptors (Lipinski definition) is 5. The van der Waals surface area contributed by atoms with Gasteiger partial charge >= 0.3 is 0 Å². The molecule has 7 heteroatoms. The summed E-state index contributed by atoms with van der Waals surface area (Å²) in [6, 6.07) is 9.73. The van der Waals surface area contributed by atoms with Crippen LogP contribution in [0.15, 0.2) is 30.3 Å². The fourth-order valence-electron chi connectivity index (χ4n) is 3.66. The third kappa shape index (κ3) is 3.71. The minimum Gasteiger partial charge on any atom is -0.486 e. The number of fused-ring (bicyclic) bond motifs is 1. The van der Waals surface area contributed by atoms with Gasteiger partial charge in [-0.2, -0.15) is 0 Å². The maximum absolute atomic E-state index is 12.9. The fraction of sp³-hybridized carbons (Fsp3) is 0.429. The zero-order valence-electron chi connectivity index (χ0n) is 16.1. The topological polar surface area (TPSA) is 59.1 Å². The Balaban J connectivity index is 1.43. The van der Waals surface area contributed by atoms with E-state index in [2.05, 4.69) is 0 Å². The average Bonchev–Trinajstić information content (AvgIpc) is 3.22. The lowest BCUT2D eigenvalue weighted by molar-refractivity contribution is -0.134. The molecule has 1 aromatic carbocycles. The number of piperidine rings is 1. The van der Waals surface area contributed by atoms with Gasteiger partial charge < -0.3 is 19.3 Å². The van der Waals surface area contributed by atoms with Crippen molar-refractivity contribution in [2.24, 2.45) is 5.92 Å². The molecule has 28 heavy (non-hydrogen) atoms. The maximum atomic E-state index is 12.9. The summed E-state index contributed by atoms with van der Waals surface area (Å²) < 4.78 is 11.2. The van der Waals surface area contributed by atoms with Gasteiger partial charge in [0.05, 0.1) is 4.88 Å². The summed E-state index contributed by atoms with van der Waals surface area (Å²) in [6.07, 6.45) is 1.45. The zero-order chi connectivity index (χ0) is 19.7. The number of carbonyl (C=O) groups is 2. The Morgan fingerprint density at radius 1 is 1.04 bits per heavy atom. The van der Waals surface area contributed by atoms with Crippen molar-refractivity contribution in [3.63, 3.8) is 0 Å². The molecular formula is C21H24N2O4S. The van der Waals surface area contributed by atoms with Crippen LogP contribution in [0.25, 0.3) is 10.4 Å². The van der Waals surface area contributed by atoms with Crippen molar-refractivity contribution in [2.75, 3.05) is 40.4 Å². The molecule has 1 saturated heterocycles. The Morgan fingerprint density at radius 2 is 1.75 bits per heavy atom. The minimum absolute atomic E-state index is 0.0238. The van der Waals surface area contributed by atoms with E-state index in [1.807, 2.05) is 35.2 Å². The Hall–Kier alpha value is -2.54. The molecule has 0 aliphatic carbocycles. The Kier molecular flexibility index (Phi) is 5.26. The van der Waals surface area contributed by atoms with E-state index in [1.165, 1.54) is 11.3 Å². The number of amides is 2. The fourth-order valence-corrected chi connectivity index (χ4v) is 4.63. The highest BCUT2D eigenvalue weighted by molar-refractivity contribution is 7.17. The molecule has 0 spiro atoms. The maximum Gasteiger partial charge on any atom is 0.263 e. The summed E-state index contributed by atoms with van der Waals surface area (Å²) in [5.41, 5.74) is 1.02. The predicted molar refractivity (Wildman–Crippen MR) is 108 cm³/mol. The van der Waals surface area contributed by atoms with Crippen molar-refractivity contribution in [2.45, 2.75) is 12.8 Å². The van der Waals surface area contributed by atoms with Gasteiger partial charge in [-0.3, -0.25) is 9.59 Å². The number of likely N-dealkylation sites (tertiary alicyclic amines) is 1. The summed E-state index contributed by atoms with van der Waals surface area (Å²) in [7, 11) is 3.57. The van der Waals surface area contributed by atoms with Gasteiger partial charge in [0, 0.05) is 38.0 Å². The van der Waals surface area contributed by atoms with E-state index >= 15 is 0 Å². The first-order valence-corrected chi connectivity index (χ1v) is 10.3. The van der Waals surface area contributed by atoms with Crippen LogP contribution in [-0.2, 0) is 4.79 Å². The summed E-state index contributed by atoms with van der Waals surface area (Å²) in [4.78, 5) is 30.2. The van der Waals surface area contributed by atoms with Crippen LogP contribution in [0.3, 0.4) is 0 Å². The Bertz CT molecular complexity index is 884. The highest BCUT2D eigenvalue weighted by Gasteiger charge is 2.29. The van der Waals surface area contributed by atoms with E-state index in [0.717, 1.165) is 39.7 Å². The van der Waals surface area contributed by atoms with Gasteiger partial charge in [0.2, 0.25) is 5.91 Å². The second-order valence-electron chi connectivity index (χ2n) is 7.32. The molecule has 0 unspecified atom stereocenters. The Morgan fingerprint density at radius 3 is 2.46 bits per heavy atom. The molecule has 4 rings (SSSR count). The molecular weight excluding hydrogens is 376 g/mol. The second-order valence-corrected chi connectivity index (χ2v) is 8.41. The summed E-state index contributed by atoms with van der Waals surface area (Å²) in [6.45, 7) is 2.37. The molecule has 6 nitrogen and oxygen atoms in total. The molecule has 0 N–H and O–H groups in total. The number of benzene rings is 1. The SMILES string of the molecule is CN(C)C(=O)C1CCN(C(=O)c2ccc(-c3ccc4c(c3)OCCO4)s2)CC1. The number of ether oxygens (including phenoxy) is 2. The monoisotopic (exact) mass is 400 g/mol.